The summed E-state index contributed by atoms with van der Waals surface area (Å²) in [5, 5.41) is 5.67. The van der Waals surface area contributed by atoms with Gasteiger partial charge in [-0.2, -0.15) is 0 Å². The maximum absolute atomic E-state index is 13.9. The van der Waals surface area contributed by atoms with Crippen molar-refractivity contribution in [2.45, 2.75) is 86.3 Å². The van der Waals surface area contributed by atoms with Crippen molar-refractivity contribution < 1.29 is 171 Å². The van der Waals surface area contributed by atoms with E-state index in [2.05, 4.69) is 10.6 Å². The van der Waals surface area contributed by atoms with Crippen molar-refractivity contribution in [2.24, 2.45) is 17.3 Å². The molecule has 750 valence electrons. The molecule has 2 N–H and O–H groups in total. The number of esters is 1. The van der Waals surface area contributed by atoms with E-state index in [1.807, 2.05) is 0 Å². The molecule has 0 unspecified atom stereocenters. The van der Waals surface area contributed by atoms with Crippen LogP contribution < -0.4 is 10.6 Å². The molecule has 129 heavy (non-hydrogen) atoms. The molecule has 40 heteroatoms. The molecule has 0 aromatic heterocycles. The van der Waals surface area contributed by atoms with E-state index in [1.165, 1.54) is 4.90 Å². The molecule has 2 rings (SSSR count). The van der Waals surface area contributed by atoms with E-state index in [4.69, 9.17) is 137 Å². The standard InChI is InChI=1S/C89H158N4O36/c1-76(2)82(72-81(94)16-17-92(85(97)73-93-83(95)14-15-84(93)96)18-22-106-30-34-112-42-46-116-51-52-119-55-56-121-59-60-122-58-57-120-54-53-117-49-47-113-37-35-107-25-23-101-7)87(99)90-77(3)86(98)91-80-13-12-79(74-129-88(100)89(4,5)6)78(71-80)11-9-19-103-27-31-109-39-43-115-44-40-110-32-28-104-20-10-21-105-29-33-111-41-45-123-63-65-125-67-69-127-75-128-70-68-126-66-64-124-62-61-118-50-48-114-38-36-108-26-24-102-8/h12-15,71,76-77,82H,9-11,16-70,72-75H2,1-8H3,(H,90,99)(H,91,98)/t77-,82-/m0/s1. The molecule has 0 bridgehead atoms. The van der Waals surface area contributed by atoms with Gasteiger partial charge in [0.2, 0.25) is 17.7 Å². The summed E-state index contributed by atoms with van der Waals surface area (Å²) in [6, 6.07) is 4.27. The van der Waals surface area contributed by atoms with Gasteiger partial charge < -0.3 is 153 Å². The number of benzene rings is 1. The van der Waals surface area contributed by atoms with Gasteiger partial charge in [0.25, 0.3) is 11.8 Å². The number of Topliss-reactive ketones (excluding diaryl/α,β-unsaturated/α-hetero) is 1. The van der Waals surface area contributed by atoms with Crippen LogP contribution in [-0.4, -0.2) is 441 Å². The van der Waals surface area contributed by atoms with Crippen molar-refractivity contribution in [1.82, 2.24) is 15.1 Å². The molecule has 1 aromatic carbocycles. The summed E-state index contributed by atoms with van der Waals surface area (Å²) in [5.74, 6) is -4.68. The number of rotatable bonds is 99. The Balaban J connectivity index is 1.53. The smallest absolute Gasteiger partial charge is 0.311 e. The van der Waals surface area contributed by atoms with Gasteiger partial charge in [-0.3, -0.25) is 38.5 Å². The highest BCUT2D eigenvalue weighted by Crippen LogP contribution is 2.23. The summed E-state index contributed by atoms with van der Waals surface area (Å²) in [5.41, 5.74) is 1.31. The Morgan fingerprint density at radius 1 is 0.364 bits per heavy atom. The molecule has 1 aliphatic rings. The van der Waals surface area contributed by atoms with Crippen LogP contribution in [0, 0.1) is 17.3 Å². The topological polar surface area (TPSA) is 418 Å². The number of carbonyl (C=O) groups excluding carboxylic acids is 7. The summed E-state index contributed by atoms with van der Waals surface area (Å²) < 4.78 is 159. The van der Waals surface area contributed by atoms with Crippen molar-refractivity contribution >= 4 is 47.0 Å². The summed E-state index contributed by atoms with van der Waals surface area (Å²) in [6.45, 7) is 32.9. The lowest BCUT2D eigenvalue weighted by Crippen LogP contribution is -2.46. The van der Waals surface area contributed by atoms with Gasteiger partial charge in [0.05, 0.1) is 329 Å². The minimum Gasteiger partial charge on any atom is -0.460 e. The second kappa shape index (κ2) is 87.8. The van der Waals surface area contributed by atoms with Crippen molar-refractivity contribution in [3.63, 3.8) is 0 Å². The second-order valence-corrected chi connectivity index (χ2v) is 29.9. The fraction of sp³-hybridized carbons (Fsp3) is 0.831. The fourth-order valence-corrected chi connectivity index (χ4v) is 10.8. The summed E-state index contributed by atoms with van der Waals surface area (Å²) in [7, 11) is 3.27. The number of ketones is 1. The number of nitrogens with zero attached hydrogens (tertiary/aromatic N) is 2. The number of hydrogen-bond acceptors (Lipinski definition) is 36. The van der Waals surface area contributed by atoms with E-state index in [-0.39, 0.29) is 76.8 Å². The van der Waals surface area contributed by atoms with E-state index in [9.17, 15) is 33.6 Å². The Kier molecular flexibility index (Phi) is 81.4. The average molecular weight is 1860 g/mol. The molecule has 0 aliphatic carbocycles. The molecule has 40 nitrogen and oxygen atoms in total. The fourth-order valence-electron chi connectivity index (χ4n) is 10.8. The molecule has 0 fully saturated rings. The number of carbonyl (C=O) groups is 7. The lowest BCUT2D eigenvalue weighted by Gasteiger charge is -2.26. The lowest BCUT2D eigenvalue weighted by molar-refractivity contribution is -0.154. The Labute approximate surface area is 764 Å². The first-order valence-electron chi connectivity index (χ1n) is 45.2. The van der Waals surface area contributed by atoms with E-state index >= 15 is 0 Å². The zero-order chi connectivity index (χ0) is 93.5. The zero-order valence-electron chi connectivity index (χ0n) is 78.6. The second-order valence-electron chi connectivity index (χ2n) is 29.9. The van der Waals surface area contributed by atoms with E-state index < -0.39 is 53.5 Å². The monoisotopic (exact) mass is 1860 g/mol. The Morgan fingerprint density at radius 2 is 0.667 bits per heavy atom. The maximum Gasteiger partial charge on any atom is 0.311 e. The van der Waals surface area contributed by atoms with Gasteiger partial charge in [-0.05, 0) is 76.1 Å². The summed E-state index contributed by atoms with van der Waals surface area (Å²) in [4.78, 5) is 94.5. The molecular weight excluding hydrogens is 1700 g/mol. The zero-order valence-corrected chi connectivity index (χ0v) is 78.6. The highest BCUT2D eigenvalue weighted by Gasteiger charge is 2.31. The van der Waals surface area contributed by atoms with Gasteiger partial charge in [-0.15, -0.1) is 0 Å². The van der Waals surface area contributed by atoms with Crippen LogP contribution in [0.2, 0.25) is 0 Å². The van der Waals surface area contributed by atoms with Crippen LogP contribution in [-0.2, 0) is 184 Å². The van der Waals surface area contributed by atoms with Crippen LogP contribution in [0.5, 0.6) is 0 Å². The normalized spacial score (nSPS) is 12.8. The highest BCUT2D eigenvalue weighted by atomic mass is 16.7. The molecule has 0 saturated heterocycles. The maximum atomic E-state index is 13.9. The van der Waals surface area contributed by atoms with Crippen molar-refractivity contribution in [3.8, 4) is 0 Å². The van der Waals surface area contributed by atoms with E-state index in [0.29, 0.717) is 342 Å². The largest absolute Gasteiger partial charge is 0.460 e. The van der Waals surface area contributed by atoms with Crippen molar-refractivity contribution in [2.75, 3.05) is 390 Å². The lowest BCUT2D eigenvalue weighted by atomic mass is 9.89. The minimum absolute atomic E-state index is 0.0161. The molecule has 5 amide bonds. The van der Waals surface area contributed by atoms with Crippen molar-refractivity contribution in [1.29, 1.82) is 0 Å². The minimum atomic E-state index is -1.02. The number of methoxy groups -OCH3 is 2. The molecule has 0 saturated carbocycles. The Bertz CT molecular complexity index is 2850. The van der Waals surface area contributed by atoms with Crippen LogP contribution in [0.4, 0.5) is 5.69 Å². The number of aryl methyl sites for hydroxylation is 1. The van der Waals surface area contributed by atoms with E-state index in [1.54, 1.807) is 74.0 Å². The summed E-state index contributed by atoms with van der Waals surface area (Å²) >= 11 is 0. The molecule has 0 radical (unpaired) electrons. The number of amides is 5. The quantitative estimate of drug-likeness (QED) is 0.0407. The molecule has 0 spiro atoms. The van der Waals surface area contributed by atoms with Crippen LogP contribution in [0.3, 0.4) is 0 Å². The number of anilines is 1. The van der Waals surface area contributed by atoms with E-state index in [0.717, 1.165) is 34.6 Å². The molecule has 1 aromatic rings. The number of hydrogen-bond donors (Lipinski definition) is 2. The third-order valence-electron chi connectivity index (χ3n) is 18.0. The third-order valence-corrected chi connectivity index (χ3v) is 18.0. The molecule has 1 heterocycles. The highest BCUT2D eigenvalue weighted by molar-refractivity contribution is 6.14. The predicted molar refractivity (Wildman–Crippen MR) is 470 cm³/mol. The molecule has 2 atom stereocenters. The molecule has 1 aliphatic heterocycles. The molecular formula is C89H158N4O36. The van der Waals surface area contributed by atoms with Gasteiger partial charge >= 0.3 is 5.97 Å². The first-order chi connectivity index (χ1) is 63.0. The average Bonchev–Trinajstić information content (AvgIpc) is 1.82. The van der Waals surface area contributed by atoms with Crippen LogP contribution >= 0.6 is 0 Å². The first-order valence-corrected chi connectivity index (χ1v) is 45.2. The SMILES string of the molecule is COCCOCCOCCOCCOCCOCCOCCOCCOCCOCCOCCN(CCC(=O)C[C@H](C(=O)N[C@@H](C)C(=O)Nc1ccc(COC(=O)C(C)(C)C)c(CCCOCCOCCOCCOCCOCCCOCCOCCOCCOCCOCOCCOCCOCCOCCOCCOCCOC)c1)C(C)C)C(=O)CN1C(=O)C=CC1=O. The van der Waals surface area contributed by atoms with Gasteiger partial charge in [-0.25, -0.2) is 0 Å². The van der Waals surface area contributed by atoms with Crippen LogP contribution in [0.15, 0.2) is 30.4 Å². The summed E-state index contributed by atoms with van der Waals surface area (Å²) in [6.07, 6.45) is 3.72. The number of ether oxygens (including phenoxy) is 29. The Morgan fingerprint density at radius 3 is 0.984 bits per heavy atom. The van der Waals surface area contributed by atoms with Crippen LogP contribution in [0.25, 0.3) is 0 Å². The van der Waals surface area contributed by atoms with Gasteiger partial charge in [0.1, 0.15) is 31.8 Å². The number of imide groups is 1. The Hall–Kier alpha value is -5.47. The van der Waals surface area contributed by atoms with Gasteiger partial charge in [0, 0.05) is 83.7 Å². The number of nitrogens with one attached hydrogen (secondary N) is 2. The van der Waals surface area contributed by atoms with Gasteiger partial charge in [0.15, 0.2) is 0 Å². The van der Waals surface area contributed by atoms with Crippen molar-refractivity contribution in [3.05, 3.63) is 41.5 Å². The first kappa shape index (κ1) is 120. The predicted octanol–water partition coefficient (Wildman–Crippen LogP) is 3.60. The van der Waals surface area contributed by atoms with Crippen LogP contribution in [0.1, 0.15) is 78.4 Å². The third kappa shape index (κ3) is 73.6. The van der Waals surface area contributed by atoms with Gasteiger partial charge in [-0.1, -0.05) is 19.9 Å².